The van der Waals surface area contributed by atoms with Crippen molar-refractivity contribution in [3.63, 3.8) is 0 Å². The number of hydrogen-bond donors (Lipinski definition) is 0. The molecule has 0 unspecified atom stereocenters. The number of nitrogens with zero attached hydrogens (tertiary/aromatic N) is 1. The van der Waals surface area contributed by atoms with Gasteiger partial charge < -0.3 is 4.74 Å². The number of Topliss-reactive ketones (excluding diaryl/α,β-unsaturated/α-hetero) is 1. The number of benzene rings is 1. The van der Waals surface area contributed by atoms with Crippen molar-refractivity contribution in [1.82, 2.24) is 4.98 Å². The second kappa shape index (κ2) is 5.15. The Hall–Kier alpha value is -1.61. The number of halogens is 1. The Bertz CT molecular complexity index is 554. The van der Waals surface area contributed by atoms with Crippen LogP contribution in [0.3, 0.4) is 0 Å². The molecule has 0 aliphatic rings. The molecule has 2 rings (SSSR count). The monoisotopic (exact) mass is 249 g/mol. The number of carbonyl (C=O) groups is 1. The van der Waals surface area contributed by atoms with E-state index in [1.165, 1.54) is 0 Å². The summed E-state index contributed by atoms with van der Waals surface area (Å²) in [6.07, 6.45) is 1.68. The molecule has 4 heteroatoms. The summed E-state index contributed by atoms with van der Waals surface area (Å²) in [5.74, 6) is 0.555. The molecule has 1 aromatic heterocycles. The number of ketones is 1. The summed E-state index contributed by atoms with van der Waals surface area (Å²) in [4.78, 5) is 16.0. The number of aromatic nitrogens is 1. The molecule has 17 heavy (non-hydrogen) atoms. The number of pyridine rings is 1. The number of alkyl halides is 1. The molecule has 0 aliphatic heterocycles. The second-order valence-corrected chi connectivity index (χ2v) is 3.77. The van der Waals surface area contributed by atoms with E-state index in [1.54, 1.807) is 24.4 Å². The zero-order valence-corrected chi connectivity index (χ0v) is 10.2. The van der Waals surface area contributed by atoms with Crippen molar-refractivity contribution in [3.05, 3.63) is 36.0 Å². The highest BCUT2D eigenvalue weighted by molar-refractivity contribution is 6.32. The van der Waals surface area contributed by atoms with Crippen molar-refractivity contribution in [3.8, 4) is 5.75 Å². The third-order valence-corrected chi connectivity index (χ3v) is 2.70. The highest BCUT2D eigenvalue weighted by atomic mass is 35.5. The zero-order chi connectivity index (χ0) is 12.3. The summed E-state index contributed by atoms with van der Waals surface area (Å²) in [5.41, 5.74) is 1.29. The Labute approximate surface area is 104 Å². The molecular formula is C13H12ClNO2. The molecule has 0 fully saturated rings. The van der Waals surface area contributed by atoms with Crippen LogP contribution in [0.15, 0.2) is 30.5 Å². The lowest BCUT2D eigenvalue weighted by molar-refractivity contribution is 0.102. The number of fused-ring (bicyclic) bond motifs is 1. The lowest BCUT2D eigenvalue weighted by Crippen LogP contribution is -2.03. The topological polar surface area (TPSA) is 39.2 Å². The first-order chi connectivity index (χ1) is 8.27. The SMILES string of the molecule is CCOc1ccc(C(=O)CCl)c2cccnc12. The van der Waals surface area contributed by atoms with Gasteiger partial charge in [-0.15, -0.1) is 11.6 Å². The summed E-state index contributed by atoms with van der Waals surface area (Å²) in [5, 5.41) is 0.782. The first-order valence-corrected chi connectivity index (χ1v) is 5.91. The van der Waals surface area contributed by atoms with Crippen LogP contribution >= 0.6 is 11.6 Å². The van der Waals surface area contributed by atoms with Crippen LogP contribution in [0, 0.1) is 0 Å². The van der Waals surface area contributed by atoms with Crippen LogP contribution < -0.4 is 4.74 Å². The van der Waals surface area contributed by atoms with Gasteiger partial charge in [-0.2, -0.15) is 0 Å². The van der Waals surface area contributed by atoms with Crippen molar-refractivity contribution < 1.29 is 9.53 Å². The van der Waals surface area contributed by atoms with Crippen LogP contribution in [0.25, 0.3) is 10.9 Å². The first-order valence-electron chi connectivity index (χ1n) is 5.37. The van der Waals surface area contributed by atoms with Crippen LogP contribution in [0.5, 0.6) is 5.75 Å². The molecule has 0 bridgehead atoms. The number of ether oxygens (including phenoxy) is 1. The Balaban J connectivity index is 2.66. The van der Waals surface area contributed by atoms with E-state index < -0.39 is 0 Å². The zero-order valence-electron chi connectivity index (χ0n) is 9.44. The predicted molar refractivity (Wildman–Crippen MR) is 68.0 cm³/mol. The molecule has 3 nitrogen and oxygen atoms in total. The van der Waals surface area contributed by atoms with Gasteiger partial charge in [0, 0.05) is 17.1 Å². The van der Waals surface area contributed by atoms with Crippen LogP contribution in [0.2, 0.25) is 0 Å². The predicted octanol–water partition coefficient (Wildman–Crippen LogP) is 3.06. The van der Waals surface area contributed by atoms with Gasteiger partial charge in [0.25, 0.3) is 0 Å². The van der Waals surface area contributed by atoms with Gasteiger partial charge in [-0.3, -0.25) is 9.78 Å². The molecule has 1 aromatic carbocycles. The Morgan fingerprint density at radius 2 is 2.24 bits per heavy atom. The minimum Gasteiger partial charge on any atom is -0.492 e. The molecule has 0 atom stereocenters. The fraction of sp³-hybridized carbons (Fsp3) is 0.231. The maximum atomic E-state index is 11.7. The second-order valence-electron chi connectivity index (χ2n) is 3.50. The van der Waals surface area contributed by atoms with Gasteiger partial charge in [0.1, 0.15) is 11.3 Å². The molecule has 0 saturated carbocycles. The van der Waals surface area contributed by atoms with E-state index in [2.05, 4.69) is 4.98 Å². The first kappa shape index (κ1) is 11.9. The molecule has 2 aromatic rings. The highest BCUT2D eigenvalue weighted by Gasteiger charge is 2.12. The average Bonchev–Trinajstić information content (AvgIpc) is 2.38. The normalized spacial score (nSPS) is 10.5. The van der Waals surface area contributed by atoms with Gasteiger partial charge in [0.2, 0.25) is 0 Å². The third-order valence-electron chi connectivity index (χ3n) is 2.45. The van der Waals surface area contributed by atoms with E-state index >= 15 is 0 Å². The van der Waals surface area contributed by atoms with Crippen molar-refractivity contribution in [1.29, 1.82) is 0 Å². The number of carbonyl (C=O) groups excluding carboxylic acids is 1. The average molecular weight is 250 g/mol. The van der Waals surface area contributed by atoms with Gasteiger partial charge in [0.05, 0.1) is 12.5 Å². The van der Waals surface area contributed by atoms with Crippen LogP contribution in [0.1, 0.15) is 17.3 Å². The largest absolute Gasteiger partial charge is 0.492 e. The van der Waals surface area contributed by atoms with Gasteiger partial charge in [-0.05, 0) is 25.1 Å². The summed E-state index contributed by atoms with van der Waals surface area (Å²) in [6, 6.07) is 7.14. The molecular weight excluding hydrogens is 238 g/mol. The lowest BCUT2D eigenvalue weighted by Gasteiger charge is -2.09. The Morgan fingerprint density at radius 3 is 2.94 bits per heavy atom. The van der Waals surface area contributed by atoms with E-state index in [0.717, 1.165) is 5.39 Å². The maximum Gasteiger partial charge on any atom is 0.178 e. The van der Waals surface area contributed by atoms with Gasteiger partial charge in [0.15, 0.2) is 5.78 Å². The third kappa shape index (κ3) is 2.24. The summed E-state index contributed by atoms with van der Waals surface area (Å²) >= 11 is 5.59. The molecule has 0 spiro atoms. The van der Waals surface area contributed by atoms with Crippen LogP contribution in [-0.2, 0) is 0 Å². The van der Waals surface area contributed by atoms with Crippen molar-refractivity contribution in [2.45, 2.75) is 6.92 Å². The van der Waals surface area contributed by atoms with Gasteiger partial charge >= 0.3 is 0 Å². The molecule has 0 N–H and O–H groups in total. The molecule has 1 heterocycles. The summed E-state index contributed by atoms with van der Waals surface area (Å²) in [6.45, 7) is 2.47. The van der Waals surface area contributed by atoms with Gasteiger partial charge in [-0.25, -0.2) is 0 Å². The van der Waals surface area contributed by atoms with Crippen molar-refractivity contribution in [2.75, 3.05) is 12.5 Å². The highest BCUT2D eigenvalue weighted by Crippen LogP contribution is 2.27. The lowest BCUT2D eigenvalue weighted by atomic mass is 10.0. The minimum atomic E-state index is -0.104. The molecule has 88 valence electrons. The summed E-state index contributed by atoms with van der Waals surface area (Å²) < 4.78 is 5.48. The Kier molecular flexibility index (Phi) is 3.59. The quantitative estimate of drug-likeness (QED) is 0.618. The van der Waals surface area contributed by atoms with Crippen LogP contribution in [-0.4, -0.2) is 23.3 Å². The van der Waals surface area contributed by atoms with Crippen molar-refractivity contribution >= 4 is 28.3 Å². The number of hydrogen-bond acceptors (Lipinski definition) is 3. The fourth-order valence-electron chi connectivity index (χ4n) is 1.73. The standard InChI is InChI=1S/C13H12ClNO2/c1-2-17-12-6-5-9(11(16)8-14)10-4-3-7-15-13(10)12/h3-7H,2,8H2,1H3. The fourth-order valence-corrected chi connectivity index (χ4v) is 1.88. The molecule has 0 saturated heterocycles. The number of rotatable bonds is 4. The Morgan fingerprint density at radius 1 is 1.41 bits per heavy atom. The van der Waals surface area contributed by atoms with Crippen molar-refractivity contribution in [2.24, 2.45) is 0 Å². The molecule has 0 radical (unpaired) electrons. The molecule has 0 amide bonds. The summed E-state index contributed by atoms with van der Waals surface area (Å²) in [7, 11) is 0. The smallest absolute Gasteiger partial charge is 0.178 e. The molecule has 0 aliphatic carbocycles. The van der Waals surface area contributed by atoms with E-state index in [1.807, 2.05) is 13.0 Å². The van der Waals surface area contributed by atoms with E-state index in [0.29, 0.717) is 23.4 Å². The maximum absolute atomic E-state index is 11.7. The van der Waals surface area contributed by atoms with E-state index in [-0.39, 0.29) is 11.7 Å². The minimum absolute atomic E-state index is 0.0298. The van der Waals surface area contributed by atoms with Crippen LogP contribution in [0.4, 0.5) is 0 Å². The van der Waals surface area contributed by atoms with E-state index in [9.17, 15) is 4.79 Å². The van der Waals surface area contributed by atoms with Gasteiger partial charge in [-0.1, -0.05) is 6.07 Å². The van der Waals surface area contributed by atoms with E-state index in [4.69, 9.17) is 16.3 Å².